The third-order valence-corrected chi connectivity index (χ3v) is 19.7. The molecule has 0 fully saturated rings. The van der Waals surface area contributed by atoms with Crippen molar-refractivity contribution in [2.75, 3.05) is 14.7 Å². The first-order valence-corrected chi connectivity index (χ1v) is 26.7. The zero-order valence-corrected chi connectivity index (χ0v) is 40.8. The molecule has 2 aliphatic heterocycles. The van der Waals surface area contributed by atoms with Gasteiger partial charge in [-0.2, -0.15) is 0 Å². The quantitative estimate of drug-likeness (QED) is 0.105. The number of hydrogen-bond acceptors (Lipinski definition) is 3. The zero-order chi connectivity index (χ0) is 47.5. The summed E-state index contributed by atoms with van der Waals surface area (Å²) in [4.78, 5) is 7.58. The summed E-state index contributed by atoms with van der Waals surface area (Å²) >= 11 is 0. The fourth-order valence-corrected chi connectivity index (χ4v) is 16.7. The Kier molecular flexibility index (Phi) is 10.4. The van der Waals surface area contributed by atoms with Gasteiger partial charge in [0.1, 0.15) is 0 Å². The molecular formula is C66H50BN3Si. The summed E-state index contributed by atoms with van der Waals surface area (Å²) < 4.78 is 0. The average molecular weight is 924 g/mol. The fourth-order valence-electron chi connectivity index (χ4n) is 11.9. The highest BCUT2D eigenvalue weighted by atomic mass is 28.3. The first-order valence-electron chi connectivity index (χ1n) is 24.7. The molecule has 0 unspecified atom stereocenters. The van der Waals surface area contributed by atoms with Gasteiger partial charge in [0.05, 0.1) is 5.69 Å². The first kappa shape index (κ1) is 42.5. The van der Waals surface area contributed by atoms with Crippen LogP contribution in [-0.2, 0) is 0 Å². The fraction of sp³-hybridized carbons (Fsp3) is 0.0303. The Morgan fingerprint density at radius 1 is 0.366 bits per heavy atom. The van der Waals surface area contributed by atoms with Crippen molar-refractivity contribution in [3.05, 3.63) is 278 Å². The molecule has 0 saturated carbocycles. The third kappa shape index (κ3) is 6.87. The molecule has 0 aliphatic carbocycles. The van der Waals surface area contributed by atoms with Gasteiger partial charge in [-0.05, 0) is 123 Å². The Balaban J connectivity index is 1.19. The number of para-hydroxylation sites is 3. The largest absolute Gasteiger partial charge is 0.311 e. The smallest absolute Gasteiger partial charge is 0.252 e. The van der Waals surface area contributed by atoms with Crippen LogP contribution in [0.15, 0.2) is 267 Å². The predicted molar refractivity (Wildman–Crippen MR) is 306 cm³/mol. The van der Waals surface area contributed by atoms with Crippen molar-refractivity contribution in [2.24, 2.45) is 0 Å². The Morgan fingerprint density at radius 3 is 1.45 bits per heavy atom. The molecule has 2 aliphatic rings. The van der Waals surface area contributed by atoms with Gasteiger partial charge in [-0.15, -0.1) is 0 Å². The molecule has 3 nitrogen and oxygen atoms in total. The lowest BCUT2D eigenvalue weighted by Crippen LogP contribution is -2.75. The monoisotopic (exact) mass is 923 g/mol. The van der Waals surface area contributed by atoms with Crippen molar-refractivity contribution in [2.45, 2.75) is 13.8 Å². The molecule has 0 bridgehead atoms. The van der Waals surface area contributed by atoms with E-state index in [-0.39, 0.29) is 6.71 Å². The van der Waals surface area contributed by atoms with E-state index in [1.54, 1.807) is 0 Å². The normalized spacial score (nSPS) is 12.6. The lowest BCUT2D eigenvalue weighted by molar-refractivity contribution is 1.21. The van der Waals surface area contributed by atoms with Crippen molar-refractivity contribution in [1.29, 1.82) is 0 Å². The summed E-state index contributed by atoms with van der Waals surface area (Å²) in [6.45, 7) is 4.36. The zero-order valence-electron chi connectivity index (χ0n) is 39.8. The molecule has 0 N–H and O–H groups in total. The third-order valence-electron chi connectivity index (χ3n) is 14.9. The van der Waals surface area contributed by atoms with E-state index in [0.717, 1.165) is 28.4 Å². The maximum Gasteiger partial charge on any atom is 0.252 e. The standard InChI is InChI=1S/C66H50BN3Si/c1-47-37-41-61(48(2)43-47)70-62-42-39-57(71(54-30-15-6-16-31-54,55-32-17-7-18-33-55)56-34-19-8-20-35-56)46-60(62)67-59-40-38-49-23-21-22-36-58(49)66(59)69(52-28-13-5-14-29-52)63-44-53(45-64(70)65(63)67)68(50-24-9-3-10-25-50)51-26-11-4-12-27-51/h3-46H,1-2H3. The Labute approximate surface area is 418 Å². The molecule has 13 rings (SSSR count). The first-order chi connectivity index (χ1) is 35.1. The number of anilines is 9. The van der Waals surface area contributed by atoms with Crippen LogP contribution < -0.4 is 51.8 Å². The van der Waals surface area contributed by atoms with Gasteiger partial charge in [-0.25, -0.2) is 0 Å². The van der Waals surface area contributed by atoms with E-state index >= 15 is 0 Å². The van der Waals surface area contributed by atoms with Gasteiger partial charge in [0.25, 0.3) is 6.71 Å². The molecule has 71 heavy (non-hydrogen) atoms. The minimum absolute atomic E-state index is 0.110. The minimum Gasteiger partial charge on any atom is -0.311 e. The molecular weight excluding hydrogens is 874 g/mol. The molecule has 2 heterocycles. The maximum atomic E-state index is 2.63. The van der Waals surface area contributed by atoms with Crippen LogP contribution >= 0.6 is 0 Å². The van der Waals surface area contributed by atoms with E-state index in [2.05, 4.69) is 295 Å². The van der Waals surface area contributed by atoms with Gasteiger partial charge in [0.2, 0.25) is 0 Å². The second kappa shape index (κ2) is 17.4. The predicted octanol–water partition coefficient (Wildman–Crippen LogP) is 12.4. The molecule has 0 aromatic heterocycles. The molecule has 11 aromatic carbocycles. The van der Waals surface area contributed by atoms with Gasteiger partial charge in [0, 0.05) is 50.9 Å². The van der Waals surface area contributed by atoms with E-state index in [4.69, 9.17) is 0 Å². The van der Waals surface area contributed by atoms with Crippen molar-refractivity contribution in [3.63, 3.8) is 0 Å². The van der Waals surface area contributed by atoms with Crippen LogP contribution in [0, 0.1) is 13.8 Å². The molecule has 11 aromatic rings. The molecule has 0 spiro atoms. The molecule has 0 amide bonds. The summed E-state index contributed by atoms with van der Waals surface area (Å²) in [6, 6.07) is 99.8. The van der Waals surface area contributed by atoms with Crippen molar-refractivity contribution >= 4 is 114 Å². The topological polar surface area (TPSA) is 9.72 Å². The number of nitrogens with zero attached hydrogens (tertiary/aromatic N) is 3. The van der Waals surface area contributed by atoms with Gasteiger partial charge in [-0.1, -0.05) is 212 Å². The SMILES string of the molecule is Cc1ccc(N2c3ccc([Si](c4ccccc4)(c4ccccc4)c4ccccc4)cc3B3c4ccc5ccccc5c4N(c4ccccc4)c4cc(N(c5ccccc5)c5ccccc5)cc2c43)c(C)c1. The average Bonchev–Trinajstić information content (AvgIpc) is 3.43. The lowest BCUT2D eigenvalue weighted by atomic mass is 9.33. The molecule has 0 saturated heterocycles. The Hall–Kier alpha value is -8.64. The van der Waals surface area contributed by atoms with Crippen LogP contribution in [0.25, 0.3) is 10.8 Å². The summed E-state index contributed by atoms with van der Waals surface area (Å²) in [5.74, 6) is 0. The maximum absolute atomic E-state index is 2.94. The van der Waals surface area contributed by atoms with E-state index in [9.17, 15) is 0 Å². The molecule has 0 radical (unpaired) electrons. The lowest BCUT2D eigenvalue weighted by Gasteiger charge is -2.46. The second-order valence-corrected chi connectivity index (χ2v) is 22.8. The summed E-state index contributed by atoms with van der Waals surface area (Å²) in [5, 5.41) is 7.87. The Bertz CT molecular complexity index is 3600. The van der Waals surface area contributed by atoms with Crippen LogP contribution in [0.2, 0.25) is 0 Å². The van der Waals surface area contributed by atoms with Crippen molar-refractivity contribution in [1.82, 2.24) is 0 Å². The van der Waals surface area contributed by atoms with Crippen molar-refractivity contribution < 1.29 is 0 Å². The summed E-state index contributed by atoms with van der Waals surface area (Å²) in [6.07, 6.45) is 0. The number of rotatable bonds is 9. The summed E-state index contributed by atoms with van der Waals surface area (Å²) in [5.41, 5.74) is 16.7. The van der Waals surface area contributed by atoms with E-state index < -0.39 is 8.07 Å². The van der Waals surface area contributed by atoms with Crippen LogP contribution in [0.3, 0.4) is 0 Å². The van der Waals surface area contributed by atoms with E-state index in [1.807, 2.05) is 0 Å². The Morgan fingerprint density at radius 2 is 0.873 bits per heavy atom. The number of fused-ring (bicyclic) bond motifs is 6. The van der Waals surface area contributed by atoms with E-state index in [1.165, 1.54) is 81.8 Å². The minimum atomic E-state index is -2.94. The number of benzene rings is 11. The van der Waals surface area contributed by atoms with Crippen LogP contribution in [0.4, 0.5) is 51.2 Å². The number of hydrogen-bond donors (Lipinski definition) is 0. The van der Waals surface area contributed by atoms with Gasteiger partial charge < -0.3 is 14.7 Å². The van der Waals surface area contributed by atoms with Crippen LogP contribution in [0.5, 0.6) is 0 Å². The van der Waals surface area contributed by atoms with Gasteiger partial charge in [-0.3, -0.25) is 0 Å². The van der Waals surface area contributed by atoms with E-state index in [0.29, 0.717) is 0 Å². The second-order valence-electron chi connectivity index (χ2n) is 19.0. The number of aryl methyl sites for hydroxylation is 2. The van der Waals surface area contributed by atoms with Crippen molar-refractivity contribution in [3.8, 4) is 0 Å². The highest BCUT2D eigenvalue weighted by molar-refractivity contribution is 7.20. The highest BCUT2D eigenvalue weighted by Crippen LogP contribution is 2.49. The van der Waals surface area contributed by atoms with Crippen LogP contribution in [0.1, 0.15) is 11.1 Å². The van der Waals surface area contributed by atoms with Gasteiger partial charge >= 0.3 is 0 Å². The molecule has 5 heteroatoms. The highest BCUT2D eigenvalue weighted by Gasteiger charge is 2.47. The van der Waals surface area contributed by atoms with Gasteiger partial charge in [0.15, 0.2) is 8.07 Å². The molecule has 0 atom stereocenters. The summed E-state index contributed by atoms with van der Waals surface area (Å²) in [7, 11) is -2.94. The molecule has 336 valence electrons. The van der Waals surface area contributed by atoms with Crippen LogP contribution in [-0.4, -0.2) is 14.8 Å².